The van der Waals surface area contributed by atoms with Gasteiger partial charge in [-0.1, -0.05) is 57.6 Å². The average Bonchev–Trinajstić information content (AvgIpc) is 2.14. The third-order valence-corrected chi connectivity index (χ3v) is 2.82. The summed E-state index contributed by atoms with van der Waals surface area (Å²) in [7, 11) is 0. The lowest BCUT2D eigenvalue weighted by Gasteiger charge is -2.19. The second kappa shape index (κ2) is 6.28. The van der Waals surface area contributed by atoms with Crippen molar-refractivity contribution < 1.29 is 0 Å². The molecule has 70 valence electrons. The summed E-state index contributed by atoms with van der Waals surface area (Å²) in [5.41, 5.74) is 0. The van der Waals surface area contributed by atoms with Gasteiger partial charge in [-0.2, -0.15) is 0 Å². The van der Waals surface area contributed by atoms with Crippen LogP contribution in [0.4, 0.5) is 0 Å². The Balaban J connectivity index is 2.04. The first-order valence-corrected chi connectivity index (χ1v) is 5.58. The normalized spacial score (nSPS) is 20.4. The van der Waals surface area contributed by atoms with Crippen LogP contribution in [0.3, 0.4) is 0 Å². The molecule has 1 rings (SSSR count). The van der Waals surface area contributed by atoms with Gasteiger partial charge in [0.05, 0.1) is 0 Å². The molecule has 0 nitrogen and oxygen atoms in total. The van der Waals surface area contributed by atoms with Crippen LogP contribution in [0.2, 0.25) is 0 Å². The van der Waals surface area contributed by atoms with Crippen LogP contribution in [0.25, 0.3) is 0 Å². The lowest BCUT2D eigenvalue weighted by atomic mass is 9.87. The quantitative estimate of drug-likeness (QED) is 0.546. The van der Waals surface area contributed by atoms with Crippen molar-refractivity contribution in [3.8, 4) is 0 Å². The second-order valence-electron chi connectivity index (χ2n) is 4.00. The molecule has 1 aliphatic rings. The van der Waals surface area contributed by atoms with Crippen LogP contribution < -0.4 is 0 Å². The number of rotatable bonds is 4. The second-order valence-corrected chi connectivity index (χ2v) is 4.00. The van der Waals surface area contributed by atoms with Crippen LogP contribution in [0.15, 0.2) is 12.2 Å². The zero-order chi connectivity index (χ0) is 8.65. The monoisotopic (exact) mass is 166 g/mol. The van der Waals surface area contributed by atoms with E-state index < -0.39 is 0 Å². The van der Waals surface area contributed by atoms with Crippen molar-refractivity contribution >= 4 is 0 Å². The van der Waals surface area contributed by atoms with Gasteiger partial charge in [-0.05, 0) is 18.8 Å². The van der Waals surface area contributed by atoms with E-state index in [0.717, 1.165) is 5.92 Å². The Labute approximate surface area is 77.1 Å². The fraction of sp³-hybridized carbons (Fsp3) is 0.833. The summed E-state index contributed by atoms with van der Waals surface area (Å²) in [6.07, 6.45) is 16.1. The first kappa shape index (κ1) is 9.83. The third-order valence-electron chi connectivity index (χ3n) is 2.82. The van der Waals surface area contributed by atoms with Crippen LogP contribution in [-0.2, 0) is 0 Å². The minimum absolute atomic E-state index is 1.02. The van der Waals surface area contributed by atoms with Crippen molar-refractivity contribution in [1.82, 2.24) is 0 Å². The first-order valence-electron chi connectivity index (χ1n) is 5.58. The minimum atomic E-state index is 1.02. The van der Waals surface area contributed by atoms with Gasteiger partial charge in [0.25, 0.3) is 0 Å². The van der Waals surface area contributed by atoms with Crippen molar-refractivity contribution in [3.05, 3.63) is 12.2 Å². The van der Waals surface area contributed by atoms with Crippen LogP contribution in [-0.4, -0.2) is 0 Å². The molecule has 0 bridgehead atoms. The molecule has 12 heavy (non-hydrogen) atoms. The van der Waals surface area contributed by atoms with Crippen LogP contribution in [0, 0.1) is 5.92 Å². The van der Waals surface area contributed by atoms with Gasteiger partial charge < -0.3 is 0 Å². The maximum atomic E-state index is 2.40. The Morgan fingerprint density at radius 1 is 1.08 bits per heavy atom. The van der Waals surface area contributed by atoms with Gasteiger partial charge in [-0.25, -0.2) is 0 Å². The zero-order valence-electron chi connectivity index (χ0n) is 8.39. The average molecular weight is 166 g/mol. The van der Waals surface area contributed by atoms with Gasteiger partial charge >= 0.3 is 0 Å². The molecule has 0 saturated heterocycles. The number of allylic oxidation sites excluding steroid dienone is 2. The van der Waals surface area contributed by atoms with E-state index in [0.29, 0.717) is 0 Å². The highest BCUT2D eigenvalue weighted by molar-refractivity contribution is 4.84. The summed E-state index contributed by atoms with van der Waals surface area (Å²) >= 11 is 0. The number of unbranched alkanes of at least 4 members (excludes halogenated alkanes) is 1. The SMILES string of the molecule is CCC/C=C\CC1CCCCC1. The predicted octanol–water partition coefficient (Wildman–Crippen LogP) is 4.31. The summed E-state index contributed by atoms with van der Waals surface area (Å²) in [5.74, 6) is 1.02. The van der Waals surface area contributed by atoms with Crippen molar-refractivity contribution in [2.75, 3.05) is 0 Å². The topological polar surface area (TPSA) is 0 Å². The lowest BCUT2D eigenvalue weighted by Crippen LogP contribution is -2.04. The van der Waals surface area contributed by atoms with Gasteiger partial charge in [0.15, 0.2) is 0 Å². The molecule has 0 aromatic heterocycles. The molecule has 1 aliphatic carbocycles. The number of hydrogen-bond acceptors (Lipinski definition) is 0. The van der Waals surface area contributed by atoms with Gasteiger partial charge in [0.1, 0.15) is 0 Å². The molecule has 0 heterocycles. The van der Waals surface area contributed by atoms with E-state index in [1.165, 1.54) is 51.4 Å². The Morgan fingerprint density at radius 3 is 2.50 bits per heavy atom. The van der Waals surface area contributed by atoms with Crippen molar-refractivity contribution in [1.29, 1.82) is 0 Å². The maximum absolute atomic E-state index is 2.40. The van der Waals surface area contributed by atoms with Crippen LogP contribution in [0.1, 0.15) is 58.3 Å². The molecule has 0 aromatic rings. The minimum Gasteiger partial charge on any atom is -0.0885 e. The summed E-state index contributed by atoms with van der Waals surface area (Å²) in [4.78, 5) is 0. The summed E-state index contributed by atoms with van der Waals surface area (Å²) in [5, 5.41) is 0. The van der Waals surface area contributed by atoms with Gasteiger partial charge in [-0.15, -0.1) is 0 Å². The summed E-state index contributed by atoms with van der Waals surface area (Å²) < 4.78 is 0. The molecule has 0 heteroatoms. The predicted molar refractivity (Wildman–Crippen MR) is 55.2 cm³/mol. The van der Waals surface area contributed by atoms with Gasteiger partial charge in [0, 0.05) is 0 Å². The fourth-order valence-corrected chi connectivity index (χ4v) is 2.00. The Hall–Kier alpha value is -0.260. The summed E-state index contributed by atoms with van der Waals surface area (Å²) in [6.45, 7) is 2.24. The Bertz CT molecular complexity index is 118. The van der Waals surface area contributed by atoms with E-state index in [1.807, 2.05) is 0 Å². The third kappa shape index (κ3) is 3.94. The molecular formula is C12H22. The Kier molecular flexibility index (Phi) is 5.14. The molecule has 0 atom stereocenters. The molecule has 0 aromatic carbocycles. The van der Waals surface area contributed by atoms with Crippen molar-refractivity contribution in [2.45, 2.75) is 58.3 Å². The molecule has 1 saturated carbocycles. The largest absolute Gasteiger partial charge is 0.0885 e. The molecule has 0 radical (unpaired) electrons. The molecule has 1 fully saturated rings. The van der Waals surface area contributed by atoms with E-state index in [4.69, 9.17) is 0 Å². The van der Waals surface area contributed by atoms with E-state index in [1.54, 1.807) is 0 Å². The van der Waals surface area contributed by atoms with Crippen LogP contribution >= 0.6 is 0 Å². The smallest absolute Gasteiger partial charge is 0.0322 e. The van der Waals surface area contributed by atoms with E-state index >= 15 is 0 Å². The molecule has 0 unspecified atom stereocenters. The van der Waals surface area contributed by atoms with E-state index in [9.17, 15) is 0 Å². The van der Waals surface area contributed by atoms with E-state index in [-0.39, 0.29) is 0 Å². The molecule has 0 amide bonds. The summed E-state index contributed by atoms with van der Waals surface area (Å²) in [6, 6.07) is 0. The fourth-order valence-electron chi connectivity index (χ4n) is 2.00. The highest BCUT2D eigenvalue weighted by atomic mass is 14.2. The van der Waals surface area contributed by atoms with Crippen LogP contribution in [0.5, 0.6) is 0 Å². The zero-order valence-corrected chi connectivity index (χ0v) is 8.39. The number of hydrogen-bond donors (Lipinski definition) is 0. The first-order chi connectivity index (χ1) is 5.93. The maximum Gasteiger partial charge on any atom is -0.0322 e. The van der Waals surface area contributed by atoms with Gasteiger partial charge in [0.2, 0.25) is 0 Å². The molecule has 0 aliphatic heterocycles. The molecule has 0 spiro atoms. The molecular weight excluding hydrogens is 144 g/mol. The van der Waals surface area contributed by atoms with Crippen molar-refractivity contribution in [3.63, 3.8) is 0 Å². The van der Waals surface area contributed by atoms with E-state index in [2.05, 4.69) is 19.1 Å². The standard InChI is InChI=1S/C12H22/c1-2-3-4-6-9-12-10-7-5-8-11-12/h4,6,12H,2-3,5,7-11H2,1H3/b6-4-. The highest BCUT2D eigenvalue weighted by Gasteiger charge is 2.10. The lowest BCUT2D eigenvalue weighted by molar-refractivity contribution is 0.361. The Morgan fingerprint density at radius 2 is 1.83 bits per heavy atom. The molecule has 0 N–H and O–H groups in total. The van der Waals surface area contributed by atoms with Gasteiger partial charge in [-0.3, -0.25) is 0 Å². The van der Waals surface area contributed by atoms with Crippen molar-refractivity contribution in [2.24, 2.45) is 5.92 Å². The highest BCUT2D eigenvalue weighted by Crippen LogP contribution is 2.26.